The third-order valence-corrected chi connectivity index (χ3v) is 6.74. The van der Waals surface area contributed by atoms with Crippen molar-refractivity contribution < 1.29 is 19.4 Å². The van der Waals surface area contributed by atoms with E-state index in [1.807, 2.05) is 70.8 Å². The number of thioether (sulfide) groups is 1. The van der Waals surface area contributed by atoms with Crippen LogP contribution in [0.1, 0.15) is 12.6 Å². The molecule has 0 saturated carbocycles. The Morgan fingerprint density at radius 3 is 2.37 bits per heavy atom. The summed E-state index contributed by atoms with van der Waals surface area (Å²) in [6.07, 6.45) is 3.53. The predicted molar refractivity (Wildman–Crippen MR) is 139 cm³/mol. The Morgan fingerprint density at radius 1 is 1.09 bits per heavy atom. The van der Waals surface area contributed by atoms with E-state index in [1.165, 1.54) is 0 Å². The van der Waals surface area contributed by atoms with E-state index in [2.05, 4.69) is 26.1 Å². The van der Waals surface area contributed by atoms with E-state index in [-0.39, 0.29) is 4.91 Å². The molecule has 0 spiro atoms. The number of carboxylic acids is 1. The van der Waals surface area contributed by atoms with Gasteiger partial charge in [0.1, 0.15) is 16.4 Å². The number of nitrogens with zero attached hydrogens (tertiary/aromatic N) is 4. The molecule has 35 heavy (non-hydrogen) atoms. The summed E-state index contributed by atoms with van der Waals surface area (Å²) in [6.45, 7) is 2.50. The number of halogens is 1. The van der Waals surface area contributed by atoms with Crippen molar-refractivity contribution >= 4 is 39.7 Å². The SMILES string of the molecule is CCn1c(S/C(=C\c2cccn2-c2ccc(Br)cc2)C(=O)O)nnc1-c1cc(OC)cc(OC)c1. The van der Waals surface area contributed by atoms with E-state index in [4.69, 9.17) is 9.47 Å². The molecular weight excluding hydrogens is 532 g/mol. The summed E-state index contributed by atoms with van der Waals surface area (Å²) in [4.78, 5) is 12.3. The summed E-state index contributed by atoms with van der Waals surface area (Å²) in [5, 5.41) is 19.1. The molecule has 0 radical (unpaired) electrons. The van der Waals surface area contributed by atoms with Crippen molar-refractivity contribution in [2.75, 3.05) is 14.2 Å². The number of carbonyl (C=O) groups is 1. The van der Waals surface area contributed by atoms with Crippen molar-refractivity contribution in [2.45, 2.75) is 18.6 Å². The molecule has 2 heterocycles. The number of aliphatic carboxylic acids is 1. The molecule has 0 unspecified atom stereocenters. The highest BCUT2D eigenvalue weighted by molar-refractivity contribution is 9.10. The predicted octanol–water partition coefficient (Wildman–Crippen LogP) is 5.75. The number of methoxy groups -OCH3 is 2. The fraction of sp³-hybridized carbons (Fsp3) is 0.160. The lowest BCUT2D eigenvalue weighted by atomic mass is 10.2. The average Bonchev–Trinajstić information content (AvgIpc) is 3.50. The minimum absolute atomic E-state index is 0.124. The molecule has 4 rings (SSSR count). The summed E-state index contributed by atoms with van der Waals surface area (Å²) >= 11 is 4.50. The molecule has 2 aromatic heterocycles. The van der Waals surface area contributed by atoms with E-state index >= 15 is 0 Å². The molecule has 1 N–H and O–H groups in total. The van der Waals surface area contributed by atoms with Crippen LogP contribution in [0.2, 0.25) is 0 Å². The van der Waals surface area contributed by atoms with Gasteiger partial charge in [-0.1, -0.05) is 15.9 Å². The molecule has 8 nitrogen and oxygen atoms in total. The van der Waals surface area contributed by atoms with Crippen LogP contribution >= 0.6 is 27.7 Å². The van der Waals surface area contributed by atoms with Crippen molar-refractivity contribution in [3.63, 3.8) is 0 Å². The van der Waals surface area contributed by atoms with Gasteiger partial charge in [0.15, 0.2) is 11.0 Å². The molecule has 0 fully saturated rings. The summed E-state index contributed by atoms with van der Waals surface area (Å²) in [5.41, 5.74) is 2.41. The first-order valence-electron chi connectivity index (χ1n) is 10.7. The van der Waals surface area contributed by atoms with Gasteiger partial charge in [-0.25, -0.2) is 4.79 Å². The lowest BCUT2D eigenvalue weighted by molar-refractivity contribution is -0.131. The van der Waals surface area contributed by atoms with Crippen LogP contribution in [0.5, 0.6) is 11.5 Å². The van der Waals surface area contributed by atoms with Crippen LogP contribution in [-0.2, 0) is 11.3 Å². The first-order chi connectivity index (χ1) is 16.9. The Balaban J connectivity index is 1.70. The van der Waals surface area contributed by atoms with Gasteiger partial charge in [0.2, 0.25) is 0 Å². The second kappa shape index (κ2) is 10.8. The van der Waals surface area contributed by atoms with Gasteiger partial charge in [0.25, 0.3) is 0 Å². The normalized spacial score (nSPS) is 11.5. The first kappa shape index (κ1) is 24.6. The molecule has 0 bridgehead atoms. The molecule has 0 atom stereocenters. The number of rotatable bonds is 9. The van der Waals surface area contributed by atoms with Crippen LogP contribution in [0.15, 0.2) is 75.3 Å². The topological polar surface area (TPSA) is 91.4 Å². The zero-order valence-corrected chi connectivity index (χ0v) is 21.7. The fourth-order valence-corrected chi connectivity index (χ4v) is 4.65. The quantitative estimate of drug-likeness (QED) is 0.208. The van der Waals surface area contributed by atoms with Crippen molar-refractivity contribution in [2.24, 2.45) is 0 Å². The molecule has 0 saturated heterocycles. The molecule has 0 aliphatic heterocycles. The average molecular weight is 555 g/mol. The standard InChI is InChI=1S/C25H23BrN4O4S/c1-4-29-23(16-12-20(33-2)15-21(13-16)34-3)27-28-25(29)35-22(24(31)32)14-19-6-5-11-30(19)18-9-7-17(26)8-10-18/h5-15H,4H2,1-3H3,(H,31,32)/b22-14-. The zero-order valence-electron chi connectivity index (χ0n) is 19.3. The molecule has 0 amide bonds. The fourth-order valence-electron chi connectivity index (χ4n) is 3.52. The van der Waals surface area contributed by atoms with Gasteiger partial charge in [-0.3, -0.25) is 0 Å². The molecule has 0 aliphatic carbocycles. The number of benzene rings is 2. The number of ether oxygens (including phenoxy) is 2. The Hall–Kier alpha value is -3.50. The Kier molecular flexibility index (Phi) is 7.62. The maximum atomic E-state index is 12.2. The van der Waals surface area contributed by atoms with Gasteiger partial charge in [-0.2, -0.15) is 0 Å². The van der Waals surface area contributed by atoms with Gasteiger partial charge in [-0.15, -0.1) is 10.2 Å². The summed E-state index contributed by atoms with van der Waals surface area (Å²) in [6, 6.07) is 17.0. The summed E-state index contributed by atoms with van der Waals surface area (Å²) in [7, 11) is 3.16. The van der Waals surface area contributed by atoms with Crippen molar-refractivity contribution in [1.29, 1.82) is 0 Å². The first-order valence-corrected chi connectivity index (χ1v) is 12.3. The van der Waals surface area contributed by atoms with Crippen LogP contribution < -0.4 is 9.47 Å². The van der Waals surface area contributed by atoms with E-state index in [1.54, 1.807) is 26.4 Å². The summed E-state index contributed by atoms with van der Waals surface area (Å²) < 4.78 is 15.5. The summed E-state index contributed by atoms with van der Waals surface area (Å²) in [5.74, 6) is 0.794. The molecule has 2 aromatic carbocycles. The Bertz CT molecular complexity index is 1360. The molecule has 4 aromatic rings. The van der Waals surface area contributed by atoms with E-state index in [9.17, 15) is 9.90 Å². The highest BCUT2D eigenvalue weighted by Gasteiger charge is 2.20. The number of hydrogen-bond acceptors (Lipinski definition) is 6. The maximum absolute atomic E-state index is 12.2. The smallest absolute Gasteiger partial charge is 0.342 e. The van der Waals surface area contributed by atoms with Gasteiger partial charge >= 0.3 is 5.97 Å². The van der Waals surface area contributed by atoms with E-state index < -0.39 is 5.97 Å². The van der Waals surface area contributed by atoms with Crippen molar-refractivity contribution in [3.8, 4) is 28.6 Å². The molecule has 180 valence electrons. The minimum atomic E-state index is -1.05. The molecule has 0 aliphatic rings. The third kappa shape index (κ3) is 5.44. The largest absolute Gasteiger partial charge is 0.497 e. The molecular formula is C25H23BrN4O4S. The van der Waals surface area contributed by atoms with Gasteiger partial charge < -0.3 is 23.7 Å². The van der Waals surface area contributed by atoms with Crippen LogP contribution in [0.25, 0.3) is 23.2 Å². The van der Waals surface area contributed by atoms with Crippen LogP contribution in [0.4, 0.5) is 0 Å². The van der Waals surface area contributed by atoms with Crippen molar-refractivity contribution in [3.05, 3.63) is 75.9 Å². The lowest BCUT2D eigenvalue weighted by Crippen LogP contribution is -2.03. The van der Waals surface area contributed by atoms with Crippen LogP contribution in [0, 0.1) is 0 Å². The number of carboxylic acid groups (broad SMARTS) is 1. The third-order valence-electron chi connectivity index (χ3n) is 5.22. The Labute approximate surface area is 215 Å². The van der Waals surface area contributed by atoms with Crippen LogP contribution in [0.3, 0.4) is 0 Å². The van der Waals surface area contributed by atoms with Crippen LogP contribution in [-0.4, -0.2) is 44.6 Å². The second-order valence-corrected chi connectivity index (χ2v) is 9.27. The van der Waals surface area contributed by atoms with E-state index in [0.29, 0.717) is 29.0 Å². The second-order valence-electron chi connectivity index (χ2n) is 7.35. The minimum Gasteiger partial charge on any atom is -0.497 e. The number of aromatic nitrogens is 4. The zero-order chi connectivity index (χ0) is 24.9. The van der Waals surface area contributed by atoms with Gasteiger partial charge in [-0.05, 0) is 73.3 Å². The highest BCUT2D eigenvalue weighted by atomic mass is 79.9. The monoisotopic (exact) mass is 554 g/mol. The highest BCUT2D eigenvalue weighted by Crippen LogP contribution is 2.33. The lowest BCUT2D eigenvalue weighted by Gasteiger charge is -2.11. The van der Waals surface area contributed by atoms with E-state index in [0.717, 1.165) is 33.2 Å². The van der Waals surface area contributed by atoms with Crippen molar-refractivity contribution in [1.82, 2.24) is 19.3 Å². The number of hydrogen-bond donors (Lipinski definition) is 1. The maximum Gasteiger partial charge on any atom is 0.342 e. The van der Waals surface area contributed by atoms with Gasteiger partial charge in [0, 0.05) is 40.2 Å². The van der Waals surface area contributed by atoms with Gasteiger partial charge in [0.05, 0.1) is 14.2 Å². The Morgan fingerprint density at radius 2 is 1.77 bits per heavy atom. The molecule has 10 heteroatoms.